The highest BCUT2D eigenvalue weighted by Gasteiger charge is 2.38. The fraction of sp³-hybridized carbons (Fsp3) is 0.500. The van der Waals surface area contributed by atoms with E-state index in [1.807, 2.05) is 11.5 Å². The van der Waals surface area contributed by atoms with Crippen LogP contribution in [0.4, 0.5) is 30.8 Å². The molecule has 1 aromatic carbocycles. The maximum Gasteiger partial charge on any atom is 0.416 e. The number of amides is 1. The van der Waals surface area contributed by atoms with Crippen molar-refractivity contribution < 1.29 is 18.0 Å². The molecule has 2 aliphatic carbocycles. The average Bonchev–Trinajstić information content (AvgIpc) is 3.15. The van der Waals surface area contributed by atoms with Crippen molar-refractivity contribution in [2.75, 3.05) is 10.6 Å². The predicted octanol–water partition coefficient (Wildman–Crippen LogP) is 6.47. The molecule has 0 aliphatic heterocycles. The first-order chi connectivity index (χ1) is 17.4. The minimum atomic E-state index is -4.59. The lowest BCUT2D eigenvalue weighted by Crippen LogP contribution is -2.38. The number of halogens is 5. The molecule has 8 nitrogen and oxygen atoms in total. The molecule has 4 N–H and O–H groups in total. The number of hydrogen-bond acceptors (Lipinski definition) is 6. The van der Waals surface area contributed by atoms with E-state index < -0.39 is 17.2 Å². The molecule has 0 saturated heterocycles. The van der Waals surface area contributed by atoms with Crippen LogP contribution in [0, 0.1) is 5.41 Å². The molecule has 5 rings (SSSR count). The van der Waals surface area contributed by atoms with E-state index in [1.165, 1.54) is 0 Å². The molecule has 2 aliphatic rings. The van der Waals surface area contributed by atoms with Gasteiger partial charge in [0.05, 0.1) is 27.5 Å². The lowest BCUT2D eigenvalue weighted by molar-refractivity contribution is -0.137. The van der Waals surface area contributed by atoms with Gasteiger partial charge >= 0.3 is 6.18 Å². The van der Waals surface area contributed by atoms with Gasteiger partial charge in [-0.25, -0.2) is 9.97 Å². The molecule has 2 fully saturated rings. The lowest BCUT2D eigenvalue weighted by atomic mass is 9.73. The Labute approximate surface area is 221 Å². The first-order valence-electron chi connectivity index (χ1n) is 12.1. The Balaban J connectivity index is 1.55. The zero-order valence-corrected chi connectivity index (χ0v) is 21.5. The number of aromatic nitrogens is 4. The van der Waals surface area contributed by atoms with E-state index in [-0.39, 0.29) is 27.7 Å². The number of anilines is 3. The Morgan fingerprint density at radius 2 is 1.78 bits per heavy atom. The molecule has 2 aromatic heterocycles. The first kappa shape index (κ1) is 25.8. The molecule has 0 bridgehead atoms. The van der Waals surface area contributed by atoms with Crippen LogP contribution in [0.5, 0.6) is 0 Å². The van der Waals surface area contributed by atoms with Gasteiger partial charge in [0.1, 0.15) is 5.52 Å². The molecule has 3 aromatic rings. The Morgan fingerprint density at radius 1 is 1.14 bits per heavy atom. The number of fused-ring (bicyclic) bond motifs is 1. The van der Waals surface area contributed by atoms with Crippen LogP contribution in [0.15, 0.2) is 18.3 Å². The van der Waals surface area contributed by atoms with Crippen LogP contribution in [0.2, 0.25) is 10.0 Å². The number of imidazole rings is 1. The first-order valence-corrected chi connectivity index (χ1v) is 12.8. The number of nitrogens with zero attached hydrogens (tertiary/aromatic N) is 4. The summed E-state index contributed by atoms with van der Waals surface area (Å²) >= 11 is 12.5. The van der Waals surface area contributed by atoms with Crippen molar-refractivity contribution in [1.29, 1.82) is 0 Å². The second kappa shape index (κ2) is 9.50. The topological polar surface area (TPSA) is 111 Å². The number of nitrogens with two attached hydrogens (primary N) is 1. The summed E-state index contributed by atoms with van der Waals surface area (Å²) in [6.45, 7) is 1.86. The van der Waals surface area contributed by atoms with Gasteiger partial charge in [-0.05, 0) is 57.1 Å². The highest BCUT2D eigenvalue weighted by Crippen LogP contribution is 2.44. The summed E-state index contributed by atoms with van der Waals surface area (Å²) in [7, 11) is 0. The Bertz CT molecular complexity index is 1330. The molecule has 13 heteroatoms. The highest BCUT2D eigenvalue weighted by molar-refractivity contribution is 6.39. The van der Waals surface area contributed by atoms with Crippen LogP contribution >= 0.6 is 23.2 Å². The summed E-state index contributed by atoms with van der Waals surface area (Å²) < 4.78 is 41.6. The number of hydrogen-bond donors (Lipinski definition) is 3. The van der Waals surface area contributed by atoms with Crippen LogP contribution in [0.1, 0.15) is 63.5 Å². The summed E-state index contributed by atoms with van der Waals surface area (Å²) in [6, 6.07) is 1.87. The summed E-state index contributed by atoms with van der Waals surface area (Å²) in [6.07, 6.45) is 2.68. The largest absolute Gasteiger partial charge is 0.416 e. The van der Waals surface area contributed by atoms with Crippen LogP contribution in [0.3, 0.4) is 0 Å². The van der Waals surface area contributed by atoms with E-state index in [1.54, 1.807) is 6.20 Å². The lowest BCUT2D eigenvalue weighted by Gasteiger charge is -2.35. The van der Waals surface area contributed by atoms with Crippen molar-refractivity contribution in [2.24, 2.45) is 11.1 Å². The molecular formula is C24H26Cl2F3N7O. The number of alkyl halides is 3. The summed E-state index contributed by atoms with van der Waals surface area (Å²) in [5.74, 6) is 0.465. The van der Waals surface area contributed by atoms with Gasteiger partial charge in [-0.2, -0.15) is 18.2 Å². The van der Waals surface area contributed by atoms with E-state index in [2.05, 4.69) is 20.6 Å². The number of primary amides is 1. The van der Waals surface area contributed by atoms with Gasteiger partial charge in [-0.1, -0.05) is 30.1 Å². The van der Waals surface area contributed by atoms with Gasteiger partial charge in [0.25, 0.3) is 0 Å². The van der Waals surface area contributed by atoms with Crippen LogP contribution in [-0.2, 0) is 11.0 Å². The summed E-state index contributed by atoms with van der Waals surface area (Å²) in [5, 5.41) is 5.99. The van der Waals surface area contributed by atoms with Gasteiger partial charge in [0.2, 0.25) is 17.8 Å². The Kier molecular flexibility index (Phi) is 6.64. The van der Waals surface area contributed by atoms with Gasteiger partial charge in [0, 0.05) is 17.5 Å². The van der Waals surface area contributed by atoms with Crippen LogP contribution in [-0.4, -0.2) is 31.5 Å². The molecule has 0 unspecified atom stereocenters. The highest BCUT2D eigenvalue weighted by atomic mass is 35.5. The van der Waals surface area contributed by atoms with Crippen molar-refractivity contribution in [3.63, 3.8) is 0 Å². The SMILES string of the molecule is C[C@]1(C(N)=O)CC[C@@H](n2c(Nc3c(Cl)cc(C(F)(F)F)cc3Cl)nc3cnc(NC4CCC4)nc32)CC1. The monoisotopic (exact) mass is 555 g/mol. The smallest absolute Gasteiger partial charge is 0.369 e. The van der Waals surface area contributed by atoms with Crippen molar-refractivity contribution in [1.82, 2.24) is 19.5 Å². The zero-order valence-electron chi connectivity index (χ0n) is 20.0. The van der Waals surface area contributed by atoms with Crippen molar-refractivity contribution in [3.05, 3.63) is 33.9 Å². The number of carbonyl (C=O) groups excluding carboxylic acids is 1. The summed E-state index contributed by atoms with van der Waals surface area (Å²) in [5.41, 5.74) is 5.26. The molecular weight excluding hydrogens is 530 g/mol. The van der Waals surface area contributed by atoms with Gasteiger partial charge in [0.15, 0.2) is 5.65 Å². The minimum Gasteiger partial charge on any atom is -0.369 e. The fourth-order valence-corrected chi connectivity index (χ4v) is 5.42. The normalized spacial score (nSPS) is 22.6. The van der Waals surface area contributed by atoms with Crippen LogP contribution in [0.25, 0.3) is 11.2 Å². The molecule has 0 radical (unpaired) electrons. The second-order valence-corrected chi connectivity index (χ2v) is 10.9. The molecule has 0 atom stereocenters. The molecule has 37 heavy (non-hydrogen) atoms. The van der Waals surface area contributed by atoms with Crippen molar-refractivity contribution >= 4 is 57.9 Å². The third kappa shape index (κ3) is 5.03. The third-order valence-electron chi connectivity index (χ3n) is 7.50. The molecule has 2 saturated carbocycles. The second-order valence-electron chi connectivity index (χ2n) is 10.1. The maximum absolute atomic E-state index is 13.2. The maximum atomic E-state index is 13.2. The number of nitrogens with one attached hydrogen (secondary N) is 2. The molecule has 198 valence electrons. The van der Waals surface area contributed by atoms with Gasteiger partial charge < -0.3 is 16.4 Å². The minimum absolute atomic E-state index is 0.0987. The molecule has 2 heterocycles. The zero-order chi connectivity index (χ0) is 26.5. The van der Waals surface area contributed by atoms with E-state index in [9.17, 15) is 18.0 Å². The molecule has 0 spiro atoms. The quantitative estimate of drug-likeness (QED) is 0.321. The fourth-order valence-electron chi connectivity index (χ4n) is 4.84. The summed E-state index contributed by atoms with van der Waals surface area (Å²) in [4.78, 5) is 25.7. The Morgan fingerprint density at radius 3 is 2.32 bits per heavy atom. The Hall–Kier alpha value is -2.79. The number of benzene rings is 1. The van der Waals surface area contributed by atoms with Gasteiger partial charge in [-0.3, -0.25) is 9.36 Å². The van der Waals surface area contributed by atoms with E-state index in [0.29, 0.717) is 54.8 Å². The third-order valence-corrected chi connectivity index (χ3v) is 8.09. The predicted molar refractivity (Wildman–Crippen MR) is 136 cm³/mol. The van der Waals surface area contributed by atoms with Crippen LogP contribution < -0.4 is 16.4 Å². The van der Waals surface area contributed by atoms with Gasteiger partial charge in [-0.15, -0.1) is 0 Å². The van der Waals surface area contributed by atoms with E-state index in [0.717, 1.165) is 31.4 Å². The average molecular weight is 556 g/mol. The van der Waals surface area contributed by atoms with E-state index in [4.69, 9.17) is 33.9 Å². The number of rotatable bonds is 6. The number of carbonyl (C=O) groups is 1. The standard InChI is InChI=1S/C24H26Cl2F3N7O/c1-23(20(30)37)7-5-14(6-8-23)36-19-17(11-31-21(35-19)32-13-3-2-4-13)33-22(36)34-18-15(25)9-12(10-16(18)26)24(27,28)29/h9-11,13-14H,2-8H2,1H3,(H2,30,37)(H,33,34)(H,31,32,35)/t14-,23+. The van der Waals surface area contributed by atoms with E-state index >= 15 is 0 Å². The van der Waals surface area contributed by atoms with Crippen molar-refractivity contribution in [2.45, 2.75) is 70.1 Å². The van der Waals surface area contributed by atoms with Crippen molar-refractivity contribution in [3.8, 4) is 0 Å². The molecule has 1 amide bonds.